The van der Waals surface area contributed by atoms with E-state index in [0.29, 0.717) is 13.1 Å². The molecule has 2 unspecified atom stereocenters. The van der Waals surface area contributed by atoms with Crippen LogP contribution in [0.5, 0.6) is 0 Å². The summed E-state index contributed by atoms with van der Waals surface area (Å²) in [6, 6.07) is 0. The van der Waals surface area contributed by atoms with E-state index in [1.807, 2.05) is 0 Å². The Morgan fingerprint density at radius 2 is 1.76 bits per heavy atom. The molecule has 1 rings (SSSR count). The highest BCUT2D eigenvalue weighted by Gasteiger charge is 2.38. The van der Waals surface area contributed by atoms with Crippen molar-refractivity contribution >= 4 is 17.8 Å². The van der Waals surface area contributed by atoms with Crippen LogP contribution in [0, 0.1) is 11.8 Å². The van der Waals surface area contributed by atoms with Gasteiger partial charge < -0.3 is 20.8 Å². The van der Waals surface area contributed by atoms with Crippen molar-refractivity contribution in [3.05, 3.63) is 0 Å². The van der Waals surface area contributed by atoms with Crippen LogP contribution in [-0.4, -0.2) is 52.6 Å². The van der Waals surface area contributed by atoms with E-state index in [1.165, 1.54) is 0 Å². The Morgan fingerprint density at radius 1 is 1.18 bits per heavy atom. The van der Waals surface area contributed by atoms with Crippen molar-refractivity contribution < 1.29 is 24.6 Å². The molecule has 0 radical (unpaired) electrons. The molecule has 0 aliphatic carbocycles. The Balaban J connectivity index is 2.59. The maximum Gasteiger partial charge on any atom is 0.308 e. The number of primary amides is 1. The lowest BCUT2D eigenvalue weighted by atomic mass is 9.85. The highest BCUT2D eigenvalue weighted by atomic mass is 16.4. The number of carbonyl (C=O) groups is 3. The van der Waals surface area contributed by atoms with Crippen LogP contribution in [0.3, 0.4) is 0 Å². The van der Waals surface area contributed by atoms with Gasteiger partial charge in [-0.05, 0) is 13.0 Å². The first-order valence-corrected chi connectivity index (χ1v) is 5.38. The number of carbonyl (C=O) groups excluding carboxylic acids is 1. The molecule has 0 spiro atoms. The molecule has 7 heteroatoms. The molecule has 96 valence electrons. The quantitative estimate of drug-likeness (QED) is 0.568. The second-order valence-corrected chi connectivity index (χ2v) is 4.20. The molecule has 0 aromatic carbocycles. The maximum absolute atomic E-state index is 11.0. The predicted octanol–water partition coefficient (Wildman–Crippen LogP) is -1.03. The molecule has 1 aliphatic rings. The van der Waals surface area contributed by atoms with Gasteiger partial charge in [-0.2, -0.15) is 0 Å². The topological polar surface area (TPSA) is 121 Å². The Hall–Kier alpha value is -1.63. The first kappa shape index (κ1) is 13.4. The highest BCUT2D eigenvalue weighted by Crippen LogP contribution is 2.24. The van der Waals surface area contributed by atoms with Crippen LogP contribution in [0.1, 0.15) is 12.8 Å². The molecule has 1 fully saturated rings. The van der Waals surface area contributed by atoms with E-state index >= 15 is 0 Å². The molecular weight excluding hydrogens is 228 g/mol. The monoisotopic (exact) mass is 244 g/mol. The van der Waals surface area contributed by atoms with Gasteiger partial charge in [-0.15, -0.1) is 0 Å². The van der Waals surface area contributed by atoms with Crippen LogP contribution in [0.4, 0.5) is 0 Å². The maximum atomic E-state index is 11.0. The lowest BCUT2D eigenvalue weighted by molar-refractivity contribution is -0.157. The van der Waals surface area contributed by atoms with Gasteiger partial charge in [-0.3, -0.25) is 14.4 Å². The van der Waals surface area contributed by atoms with E-state index in [9.17, 15) is 14.4 Å². The fraction of sp³-hybridized carbons (Fsp3) is 0.700. The Labute approximate surface area is 98.2 Å². The van der Waals surface area contributed by atoms with E-state index < -0.39 is 29.7 Å². The number of piperidine rings is 1. The molecule has 17 heavy (non-hydrogen) atoms. The number of nitrogens with two attached hydrogens (primary N) is 1. The van der Waals surface area contributed by atoms with Crippen LogP contribution in [0.25, 0.3) is 0 Å². The minimum atomic E-state index is -1.11. The fourth-order valence-electron chi connectivity index (χ4n) is 2.04. The lowest BCUT2D eigenvalue weighted by Crippen LogP contribution is -2.47. The SMILES string of the molecule is NC(=O)CCN1CCC(C(=O)O)C(C(=O)O)C1. The Morgan fingerprint density at radius 3 is 2.24 bits per heavy atom. The van der Waals surface area contributed by atoms with Crippen molar-refractivity contribution in [2.45, 2.75) is 12.8 Å². The van der Waals surface area contributed by atoms with Crippen molar-refractivity contribution in [2.24, 2.45) is 17.6 Å². The normalized spacial score (nSPS) is 25.4. The van der Waals surface area contributed by atoms with Crippen LogP contribution in [0.2, 0.25) is 0 Å². The number of rotatable bonds is 5. The number of amides is 1. The molecule has 1 saturated heterocycles. The van der Waals surface area contributed by atoms with Gasteiger partial charge in [-0.1, -0.05) is 0 Å². The molecule has 7 nitrogen and oxygen atoms in total. The van der Waals surface area contributed by atoms with Crippen LogP contribution in [-0.2, 0) is 14.4 Å². The summed E-state index contributed by atoms with van der Waals surface area (Å²) < 4.78 is 0. The minimum absolute atomic E-state index is 0.152. The summed E-state index contributed by atoms with van der Waals surface area (Å²) in [6.07, 6.45) is 0.440. The van der Waals surface area contributed by atoms with Gasteiger partial charge in [0.15, 0.2) is 0 Å². The van der Waals surface area contributed by atoms with Crippen LogP contribution < -0.4 is 5.73 Å². The summed E-state index contributed by atoms with van der Waals surface area (Å²) in [4.78, 5) is 34.2. The van der Waals surface area contributed by atoms with E-state index in [2.05, 4.69) is 0 Å². The van der Waals surface area contributed by atoms with Crippen molar-refractivity contribution in [2.75, 3.05) is 19.6 Å². The van der Waals surface area contributed by atoms with Gasteiger partial charge in [-0.25, -0.2) is 0 Å². The van der Waals surface area contributed by atoms with Gasteiger partial charge in [0.2, 0.25) is 5.91 Å². The average molecular weight is 244 g/mol. The molecule has 0 aromatic rings. The lowest BCUT2D eigenvalue weighted by Gasteiger charge is -2.34. The first-order valence-electron chi connectivity index (χ1n) is 5.38. The number of hydrogen-bond acceptors (Lipinski definition) is 4. The molecule has 1 aliphatic heterocycles. The van der Waals surface area contributed by atoms with Gasteiger partial charge in [0.25, 0.3) is 0 Å². The number of likely N-dealkylation sites (tertiary alicyclic amines) is 1. The van der Waals surface area contributed by atoms with E-state index in [4.69, 9.17) is 15.9 Å². The summed E-state index contributed by atoms with van der Waals surface area (Å²) in [5.74, 6) is -4.41. The molecule has 0 aromatic heterocycles. The second-order valence-electron chi connectivity index (χ2n) is 4.20. The minimum Gasteiger partial charge on any atom is -0.481 e. The third-order valence-corrected chi connectivity index (χ3v) is 3.01. The largest absolute Gasteiger partial charge is 0.481 e. The van der Waals surface area contributed by atoms with Crippen molar-refractivity contribution in [3.8, 4) is 0 Å². The van der Waals surface area contributed by atoms with Crippen molar-refractivity contribution in [1.29, 1.82) is 0 Å². The van der Waals surface area contributed by atoms with Gasteiger partial charge in [0.05, 0.1) is 11.8 Å². The first-order chi connectivity index (χ1) is 7.91. The Kier molecular flexibility index (Phi) is 4.45. The van der Waals surface area contributed by atoms with Gasteiger partial charge >= 0.3 is 11.9 Å². The molecule has 1 amide bonds. The zero-order valence-corrected chi connectivity index (χ0v) is 9.33. The third-order valence-electron chi connectivity index (χ3n) is 3.01. The summed E-state index contributed by atoms with van der Waals surface area (Å²) >= 11 is 0. The van der Waals surface area contributed by atoms with E-state index in [0.717, 1.165) is 0 Å². The zero-order valence-electron chi connectivity index (χ0n) is 9.33. The van der Waals surface area contributed by atoms with Gasteiger partial charge in [0.1, 0.15) is 0 Å². The van der Waals surface area contributed by atoms with Crippen LogP contribution >= 0.6 is 0 Å². The molecule has 4 N–H and O–H groups in total. The number of carboxylic acid groups (broad SMARTS) is 2. The third kappa shape index (κ3) is 3.70. The summed E-state index contributed by atoms with van der Waals surface area (Å²) in [7, 11) is 0. The molecule has 0 saturated carbocycles. The Bertz CT molecular complexity index is 331. The molecule has 0 bridgehead atoms. The average Bonchev–Trinajstić information content (AvgIpc) is 2.25. The summed E-state index contributed by atoms with van der Waals surface area (Å²) in [5.41, 5.74) is 5.00. The smallest absolute Gasteiger partial charge is 0.308 e. The molecule has 2 atom stereocenters. The summed E-state index contributed by atoms with van der Waals surface area (Å²) in [5, 5.41) is 17.9. The summed E-state index contributed by atoms with van der Waals surface area (Å²) in [6.45, 7) is 1.01. The number of nitrogens with zero attached hydrogens (tertiary/aromatic N) is 1. The fourth-order valence-corrected chi connectivity index (χ4v) is 2.04. The zero-order chi connectivity index (χ0) is 13.0. The van der Waals surface area contributed by atoms with Crippen LogP contribution in [0.15, 0.2) is 0 Å². The predicted molar refractivity (Wildman–Crippen MR) is 57.1 cm³/mol. The number of carboxylic acids is 2. The van der Waals surface area contributed by atoms with Crippen molar-refractivity contribution in [3.63, 3.8) is 0 Å². The van der Waals surface area contributed by atoms with Crippen molar-refractivity contribution in [1.82, 2.24) is 4.90 Å². The van der Waals surface area contributed by atoms with E-state index in [1.54, 1.807) is 4.90 Å². The van der Waals surface area contributed by atoms with E-state index in [-0.39, 0.29) is 19.4 Å². The molecule has 1 heterocycles. The highest BCUT2D eigenvalue weighted by molar-refractivity contribution is 5.80. The number of aliphatic carboxylic acids is 2. The van der Waals surface area contributed by atoms with Gasteiger partial charge in [0, 0.05) is 19.5 Å². The number of hydrogen-bond donors (Lipinski definition) is 3. The standard InChI is InChI=1S/C10H16N2O5/c11-8(13)2-4-12-3-1-6(9(14)15)7(5-12)10(16)17/h6-7H,1-5H2,(H2,11,13)(H,14,15)(H,16,17). The molecular formula is C10H16N2O5. The second kappa shape index (κ2) is 5.62.